The molecule has 0 spiro atoms. The van der Waals surface area contributed by atoms with Gasteiger partial charge in [-0.25, -0.2) is 9.90 Å². The maximum atomic E-state index is 10.5. The minimum Gasteiger partial charge on any atom is -0.464 e. The molecule has 1 unspecified atom stereocenters. The number of ether oxygens (including phenoxy) is 1. The molecule has 0 fully saturated rings. The molecule has 0 saturated carbocycles. The fourth-order valence-corrected chi connectivity index (χ4v) is 0.402. The molecule has 3 nitrogen and oxygen atoms in total. The Morgan fingerprint density at radius 3 is 2.44 bits per heavy atom. The summed E-state index contributed by atoms with van der Waals surface area (Å²) >= 11 is 0. The van der Waals surface area contributed by atoms with Crippen molar-refractivity contribution in [2.45, 2.75) is 26.4 Å². The van der Waals surface area contributed by atoms with Crippen LogP contribution < -0.4 is 0 Å². The fourth-order valence-electron chi connectivity index (χ4n) is 0.402. The van der Waals surface area contributed by atoms with Crippen LogP contribution in [0.4, 0.5) is 0 Å². The van der Waals surface area contributed by atoms with Gasteiger partial charge in [0.2, 0.25) is 0 Å². The first-order chi connectivity index (χ1) is 4.22. The average Bonchev–Trinajstić information content (AvgIpc) is 1.87. The summed E-state index contributed by atoms with van der Waals surface area (Å²) in [6.45, 7) is 3.63. The fraction of sp³-hybridized carbons (Fsp3) is 0.833. The van der Waals surface area contributed by atoms with E-state index in [1.54, 1.807) is 13.8 Å². The quantitative estimate of drug-likeness (QED) is 0.531. The SMILES string of the molecule is CCOC(=O)C([O])CC. The van der Waals surface area contributed by atoms with Gasteiger partial charge in [0.25, 0.3) is 0 Å². The van der Waals surface area contributed by atoms with E-state index in [2.05, 4.69) is 4.74 Å². The lowest BCUT2D eigenvalue weighted by Crippen LogP contribution is -2.20. The van der Waals surface area contributed by atoms with Gasteiger partial charge in [0.15, 0.2) is 6.10 Å². The lowest BCUT2D eigenvalue weighted by molar-refractivity contribution is -0.156. The summed E-state index contributed by atoms with van der Waals surface area (Å²) in [5.41, 5.74) is 0. The van der Waals surface area contributed by atoms with E-state index < -0.39 is 12.1 Å². The minimum absolute atomic E-state index is 0.289. The van der Waals surface area contributed by atoms with Crippen molar-refractivity contribution in [3.63, 3.8) is 0 Å². The second-order valence-electron chi connectivity index (χ2n) is 1.65. The molecule has 0 amide bonds. The Morgan fingerprint density at radius 1 is 1.56 bits per heavy atom. The standard InChI is InChI=1S/C6H11O3/c1-3-5(7)6(8)9-4-2/h5H,3-4H2,1-2H3. The van der Waals surface area contributed by atoms with Gasteiger partial charge in [-0.3, -0.25) is 0 Å². The van der Waals surface area contributed by atoms with Crippen molar-refractivity contribution in [2.24, 2.45) is 0 Å². The van der Waals surface area contributed by atoms with Gasteiger partial charge in [0.1, 0.15) is 0 Å². The molecule has 0 aromatic heterocycles. The van der Waals surface area contributed by atoms with E-state index in [1.165, 1.54) is 0 Å². The first-order valence-electron chi connectivity index (χ1n) is 3.04. The largest absolute Gasteiger partial charge is 0.464 e. The van der Waals surface area contributed by atoms with Crippen LogP contribution in [0.1, 0.15) is 20.3 Å². The van der Waals surface area contributed by atoms with Crippen LogP contribution in [0, 0.1) is 0 Å². The molecule has 0 aliphatic heterocycles. The zero-order chi connectivity index (χ0) is 7.28. The zero-order valence-corrected chi connectivity index (χ0v) is 5.72. The number of esters is 1. The van der Waals surface area contributed by atoms with Crippen LogP contribution in [0.3, 0.4) is 0 Å². The van der Waals surface area contributed by atoms with Crippen molar-refractivity contribution in [2.75, 3.05) is 6.61 Å². The number of hydrogen-bond acceptors (Lipinski definition) is 2. The summed E-state index contributed by atoms with van der Waals surface area (Å²) in [5.74, 6) is -0.639. The molecule has 9 heavy (non-hydrogen) atoms. The molecule has 0 aromatic carbocycles. The Bertz CT molecular complexity index is 90.3. The molecule has 1 atom stereocenters. The van der Waals surface area contributed by atoms with Gasteiger partial charge in [-0.1, -0.05) is 6.92 Å². The third-order valence-corrected chi connectivity index (χ3v) is 0.920. The lowest BCUT2D eigenvalue weighted by Gasteiger charge is -2.02. The van der Waals surface area contributed by atoms with E-state index in [0.29, 0.717) is 6.42 Å². The third-order valence-electron chi connectivity index (χ3n) is 0.920. The minimum atomic E-state index is -1.19. The Hall–Kier alpha value is -0.570. The molecule has 0 aliphatic rings. The van der Waals surface area contributed by atoms with Crippen LogP contribution in [0.25, 0.3) is 0 Å². The van der Waals surface area contributed by atoms with Gasteiger partial charge in [-0.05, 0) is 13.3 Å². The van der Waals surface area contributed by atoms with Crippen LogP contribution in [-0.2, 0) is 14.6 Å². The number of carbonyl (C=O) groups is 1. The van der Waals surface area contributed by atoms with Crippen LogP contribution in [0.15, 0.2) is 0 Å². The molecule has 0 N–H and O–H groups in total. The smallest absolute Gasteiger partial charge is 0.338 e. The Balaban J connectivity index is 3.46. The molecule has 0 aromatic rings. The summed E-state index contributed by atoms with van der Waals surface area (Å²) in [7, 11) is 0. The highest BCUT2D eigenvalue weighted by atomic mass is 16.5. The van der Waals surface area contributed by atoms with E-state index in [1.807, 2.05) is 0 Å². The molecule has 1 radical (unpaired) electrons. The molecule has 53 valence electrons. The summed E-state index contributed by atoms with van der Waals surface area (Å²) in [6, 6.07) is 0. The van der Waals surface area contributed by atoms with Gasteiger partial charge in [-0.2, -0.15) is 0 Å². The van der Waals surface area contributed by atoms with Crippen molar-refractivity contribution in [1.29, 1.82) is 0 Å². The van der Waals surface area contributed by atoms with E-state index in [0.717, 1.165) is 0 Å². The number of hydrogen-bond donors (Lipinski definition) is 0. The summed E-state index contributed by atoms with van der Waals surface area (Å²) in [6.07, 6.45) is -0.885. The number of rotatable bonds is 3. The van der Waals surface area contributed by atoms with Crippen molar-refractivity contribution < 1.29 is 14.6 Å². The number of carbonyl (C=O) groups excluding carboxylic acids is 1. The van der Waals surface area contributed by atoms with Gasteiger partial charge in [-0.15, -0.1) is 0 Å². The topological polar surface area (TPSA) is 46.2 Å². The van der Waals surface area contributed by atoms with E-state index in [-0.39, 0.29) is 6.61 Å². The third kappa shape index (κ3) is 3.08. The highest BCUT2D eigenvalue weighted by molar-refractivity contribution is 5.74. The predicted molar refractivity (Wildman–Crippen MR) is 31.4 cm³/mol. The van der Waals surface area contributed by atoms with Crippen LogP contribution in [0.5, 0.6) is 0 Å². The summed E-state index contributed by atoms with van der Waals surface area (Å²) in [4.78, 5) is 10.4. The van der Waals surface area contributed by atoms with E-state index >= 15 is 0 Å². The van der Waals surface area contributed by atoms with Gasteiger partial charge < -0.3 is 4.74 Å². The second kappa shape index (κ2) is 4.32. The van der Waals surface area contributed by atoms with Crippen LogP contribution >= 0.6 is 0 Å². The zero-order valence-electron chi connectivity index (χ0n) is 5.72. The Morgan fingerprint density at radius 2 is 2.11 bits per heavy atom. The average molecular weight is 131 g/mol. The first-order valence-corrected chi connectivity index (χ1v) is 3.04. The highest BCUT2D eigenvalue weighted by Gasteiger charge is 2.14. The van der Waals surface area contributed by atoms with E-state index in [9.17, 15) is 9.90 Å². The highest BCUT2D eigenvalue weighted by Crippen LogP contribution is 1.93. The van der Waals surface area contributed by atoms with Crippen LogP contribution in [-0.4, -0.2) is 18.7 Å². The monoisotopic (exact) mass is 131 g/mol. The molecular weight excluding hydrogens is 120 g/mol. The maximum Gasteiger partial charge on any atom is 0.338 e. The Kier molecular flexibility index (Phi) is 4.05. The van der Waals surface area contributed by atoms with Crippen molar-refractivity contribution >= 4 is 5.97 Å². The summed E-state index contributed by atoms with van der Waals surface area (Å²) < 4.78 is 4.44. The molecule has 0 saturated heterocycles. The first kappa shape index (κ1) is 8.43. The summed E-state index contributed by atoms with van der Waals surface area (Å²) in [5, 5.41) is 10.5. The van der Waals surface area contributed by atoms with E-state index in [4.69, 9.17) is 0 Å². The predicted octanol–water partition coefficient (Wildman–Crippen LogP) is 0.759. The lowest BCUT2D eigenvalue weighted by atomic mass is 10.3. The van der Waals surface area contributed by atoms with Crippen molar-refractivity contribution in [3.05, 3.63) is 0 Å². The van der Waals surface area contributed by atoms with Gasteiger partial charge in [0.05, 0.1) is 6.61 Å². The molecule has 0 heterocycles. The Labute approximate surface area is 54.6 Å². The molecule has 3 heteroatoms. The molecule has 0 aliphatic carbocycles. The second-order valence-corrected chi connectivity index (χ2v) is 1.65. The molecule has 0 bridgehead atoms. The van der Waals surface area contributed by atoms with Crippen molar-refractivity contribution in [1.82, 2.24) is 0 Å². The van der Waals surface area contributed by atoms with Crippen LogP contribution in [0.2, 0.25) is 0 Å². The maximum absolute atomic E-state index is 10.5. The molecule has 0 rings (SSSR count). The van der Waals surface area contributed by atoms with Gasteiger partial charge in [0, 0.05) is 0 Å². The normalized spacial score (nSPS) is 12.8. The molecular formula is C6H11O3. The van der Waals surface area contributed by atoms with Crippen molar-refractivity contribution in [3.8, 4) is 0 Å². The van der Waals surface area contributed by atoms with Gasteiger partial charge >= 0.3 is 5.97 Å².